The fourth-order valence-electron chi connectivity index (χ4n) is 1.82. The molecule has 0 saturated carbocycles. The van der Waals surface area contributed by atoms with E-state index in [1.165, 1.54) is 6.92 Å². The number of benzene rings is 1. The molecule has 0 spiro atoms. The van der Waals surface area contributed by atoms with Gasteiger partial charge in [0.15, 0.2) is 5.78 Å². The first kappa shape index (κ1) is 16.1. The number of rotatable bonds is 7. The van der Waals surface area contributed by atoms with Crippen molar-refractivity contribution >= 4 is 13.4 Å². The molecule has 0 heterocycles. The highest BCUT2D eigenvalue weighted by Gasteiger charge is 2.33. The van der Waals surface area contributed by atoms with Gasteiger partial charge in [-0.1, -0.05) is 18.2 Å². The molecule has 0 unspecified atom stereocenters. The van der Waals surface area contributed by atoms with E-state index in [0.29, 0.717) is 18.8 Å². The van der Waals surface area contributed by atoms with Gasteiger partial charge in [-0.2, -0.15) is 0 Å². The molecule has 1 aromatic rings. The standard InChI is InChI=1S/C14H21O4P/c1-5-17-19(16,18-6-2)12(4)14-9-7-8-13(10-14)11(3)15/h7-10,12H,5-6H2,1-4H3/t12-/m1/s1. The molecule has 0 radical (unpaired) electrons. The van der Waals surface area contributed by atoms with E-state index in [1.54, 1.807) is 39.0 Å². The fourth-order valence-corrected chi connectivity index (χ4v) is 3.59. The predicted octanol–water partition coefficient (Wildman–Crippen LogP) is 4.22. The van der Waals surface area contributed by atoms with E-state index in [1.807, 2.05) is 6.07 Å². The zero-order chi connectivity index (χ0) is 14.5. The topological polar surface area (TPSA) is 52.6 Å². The Morgan fingerprint density at radius 3 is 2.32 bits per heavy atom. The lowest BCUT2D eigenvalue weighted by Gasteiger charge is -2.23. The summed E-state index contributed by atoms with van der Waals surface area (Å²) in [6.07, 6.45) is 0. The summed E-state index contributed by atoms with van der Waals surface area (Å²) < 4.78 is 23.3. The van der Waals surface area contributed by atoms with Crippen LogP contribution >= 0.6 is 7.60 Å². The SMILES string of the molecule is CCOP(=O)(OCC)[C@H](C)c1cccc(C(C)=O)c1. The molecular weight excluding hydrogens is 263 g/mol. The first-order valence-electron chi connectivity index (χ1n) is 6.44. The number of hydrogen-bond acceptors (Lipinski definition) is 4. The second kappa shape index (κ2) is 6.99. The van der Waals surface area contributed by atoms with Gasteiger partial charge in [0.1, 0.15) is 0 Å². The van der Waals surface area contributed by atoms with Crippen molar-refractivity contribution in [1.29, 1.82) is 0 Å². The van der Waals surface area contributed by atoms with E-state index in [0.717, 1.165) is 5.56 Å². The minimum atomic E-state index is -3.19. The summed E-state index contributed by atoms with van der Waals surface area (Å²) in [4.78, 5) is 11.4. The Hall–Kier alpha value is -0.960. The number of ketones is 1. The van der Waals surface area contributed by atoms with Crippen LogP contribution in [0.1, 0.15) is 49.3 Å². The Labute approximate surface area is 114 Å². The highest BCUT2D eigenvalue weighted by molar-refractivity contribution is 7.54. The lowest BCUT2D eigenvalue weighted by molar-refractivity contribution is 0.101. The zero-order valence-electron chi connectivity index (χ0n) is 11.9. The predicted molar refractivity (Wildman–Crippen MR) is 75.7 cm³/mol. The molecule has 1 atom stereocenters. The van der Waals surface area contributed by atoms with Crippen LogP contribution in [0.4, 0.5) is 0 Å². The van der Waals surface area contributed by atoms with Crippen LogP contribution in [0.2, 0.25) is 0 Å². The number of Topliss-reactive ketones (excluding diaryl/α,β-unsaturated/α-hetero) is 1. The van der Waals surface area contributed by atoms with Crippen molar-refractivity contribution in [3.05, 3.63) is 35.4 Å². The van der Waals surface area contributed by atoms with Gasteiger partial charge in [-0.25, -0.2) is 0 Å². The van der Waals surface area contributed by atoms with Gasteiger partial charge in [0.05, 0.1) is 18.9 Å². The van der Waals surface area contributed by atoms with Crippen molar-refractivity contribution < 1.29 is 18.4 Å². The third-order valence-electron chi connectivity index (χ3n) is 2.87. The van der Waals surface area contributed by atoms with Crippen molar-refractivity contribution in [2.75, 3.05) is 13.2 Å². The fraction of sp³-hybridized carbons (Fsp3) is 0.500. The first-order chi connectivity index (χ1) is 8.94. The lowest BCUT2D eigenvalue weighted by atomic mass is 10.1. The maximum Gasteiger partial charge on any atom is 0.337 e. The molecule has 1 aromatic carbocycles. The average molecular weight is 284 g/mol. The quantitative estimate of drug-likeness (QED) is 0.555. The highest BCUT2D eigenvalue weighted by Crippen LogP contribution is 2.60. The van der Waals surface area contributed by atoms with Crippen molar-refractivity contribution in [1.82, 2.24) is 0 Å². The van der Waals surface area contributed by atoms with Gasteiger partial charge in [-0.3, -0.25) is 9.36 Å². The number of carbonyl (C=O) groups is 1. The van der Waals surface area contributed by atoms with Crippen molar-refractivity contribution in [3.63, 3.8) is 0 Å². The van der Waals surface area contributed by atoms with E-state index in [9.17, 15) is 9.36 Å². The van der Waals surface area contributed by atoms with Gasteiger partial charge in [-0.15, -0.1) is 0 Å². The molecule has 5 heteroatoms. The minimum absolute atomic E-state index is 0.0169. The molecule has 0 N–H and O–H groups in total. The summed E-state index contributed by atoms with van der Waals surface area (Å²) in [5.41, 5.74) is 0.994. The largest absolute Gasteiger partial charge is 0.337 e. The molecule has 4 nitrogen and oxygen atoms in total. The van der Waals surface area contributed by atoms with Crippen molar-refractivity contribution in [3.8, 4) is 0 Å². The van der Waals surface area contributed by atoms with Crippen LogP contribution in [-0.4, -0.2) is 19.0 Å². The third kappa shape index (κ3) is 4.00. The molecule has 106 valence electrons. The Balaban J connectivity index is 3.09. The molecule has 19 heavy (non-hydrogen) atoms. The van der Waals surface area contributed by atoms with Crippen LogP contribution in [0.3, 0.4) is 0 Å². The van der Waals surface area contributed by atoms with Crippen molar-refractivity contribution in [2.45, 2.75) is 33.4 Å². The summed E-state index contributed by atoms with van der Waals surface area (Å²) in [6.45, 7) is 7.52. The Morgan fingerprint density at radius 1 is 1.26 bits per heavy atom. The molecule has 0 aliphatic carbocycles. The number of hydrogen-bond donors (Lipinski definition) is 0. The van der Waals surface area contributed by atoms with E-state index in [2.05, 4.69) is 0 Å². The molecule has 0 saturated heterocycles. The van der Waals surface area contributed by atoms with E-state index in [4.69, 9.17) is 9.05 Å². The van der Waals surface area contributed by atoms with Crippen LogP contribution in [0.25, 0.3) is 0 Å². The van der Waals surface area contributed by atoms with E-state index >= 15 is 0 Å². The van der Waals surface area contributed by atoms with Crippen LogP contribution < -0.4 is 0 Å². The summed E-state index contributed by atoms with van der Waals surface area (Å²) in [5.74, 6) is -0.0169. The maximum atomic E-state index is 12.7. The molecule has 0 bridgehead atoms. The van der Waals surface area contributed by atoms with Crippen LogP contribution in [-0.2, 0) is 13.6 Å². The number of carbonyl (C=O) groups excluding carboxylic acids is 1. The third-order valence-corrected chi connectivity index (χ3v) is 5.35. The van der Waals surface area contributed by atoms with E-state index < -0.39 is 13.3 Å². The van der Waals surface area contributed by atoms with Crippen LogP contribution in [0.5, 0.6) is 0 Å². The van der Waals surface area contributed by atoms with E-state index in [-0.39, 0.29) is 5.78 Å². The van der Waals surface area contributed by atoms with Gasteiger partial charge < -0.3 is 9.05 Å². The Bertz CT molecular complexity index is 474. The van der Waals surface area contributed by atoms with Gasteiger partial charge in [0, 0.05) is 5.56 Å². The molecule has 0 aliphatic heterocycles. The summed E-state index contributed by atoms with van der Waals surface area (Å²) in [7, 11) is -3.19. The van der Waals surface area contributed by atoms with Crippen molar-refractivity contribution in [2.24, 2.45) is 0 Å². The molecule has 1 rings (SSSR count). The first-order valence-corrected chi connectivity index (χ1v) is 8.05. The Kier molecular flexibility index (Phi) is 5.92. The van der Waals surface area contributed by atoms with Gasteiger partial charge in [-0.05, 0) is 39.3 Å². The monoisotopic (exact) mass is 284 g/mol. The minimum Gasteiger partial charge on any atom is -0.308 e. The summed E-state index contributed by atoms with van der Waals surface area (Å²) >= 11 is 0. The van der Waals surface area contributed by atoms with Crippen LogP contribution in [0, 0.1) is 0 Å². The average Bonchev–Trinajstić information content (AvgIpc) is 2.38. The normalized spacial score (nSPS) is 13.3. The summed E-state index contributed by atoms with van der Waals surface area (Å²) in [5, 5.41) is 0. The molecule has 0 aliphatic rings. The molecule has 0 aromatic heterocycles. The second-order valence-corrected chi connectivity index (χ2v) is 6.60. The maximum absolute atomic E-state index is 12.7. The second-order valence-electron chi connectivity index (χ2n) is 4.23. The smallest absolute Gasteiger partial charge is 0.308 e. The van der Waals surface area contributed by atoms with Crippen LogP contribution in [0.15, 0.2) is 24.3 Å². The van der Waals surface area contributed by atoms with Gasteiger partial charge in [0.25, 0.3) is 0 Å². The molecular formula is C14H21O4P. The molecule has 0 amide bonds. The lowest BCUT2D eigenvalue weighted by Crippen LogP contribution is -2.05. The van der Waals surface area contributed by atoms with Gasteiger partial charge in [0.2, 0.25) is 0 Å². The summed E-state index contributed by atoms with van der Waals surface area (Å²) in [6, 6.07) is 7.11. The van der Waals surface area contributed by atoms with Gasteiger partial charge >= 0.3 is 7.60 Å². The molecule has 0 fully saturated rings. The zero-order valence-corrected chi connectivity index (χ0v) is 12.8. The Morgan fingerprint density at radius 2 is 1.84 bits per heavy atom. The highest BCUT2D eigenvalue weighted by atomic mass is 31.2.